The monoisotopic (exact) mass is 294 g/mol. The quantitative estimate of drug-likeness (QED) is 0.917. The zero-order valence-corrected chi connectivity index (χ0v) is 11.5. The van der Waals surface area contributed by atoms with E-state index in [1.54, 1.807) is 4.52 Å². The molecule has 2 aliphatic rings. The van der Waals surface area contributed by atoms with Crippen molar-refractivity contribution in [2.75, 3.05) is 13.2 Å². The molecular formula is C12H14N4O3S. The molecule has 106 valence electrons. The van der Waals surface area contributed by atoms with E-state index in [-0.39, 0.29) is 11.8 Å². The predicted molar refractivity (Wildman–Crippen MR) is 69.9 cm³/mol. The average Bonchev–Trinajstić information content (AvgIpc) is 3.01. The molecule has 2 unspecified atom stereocenters. The molecule has 1 aliphatic carbocycles. The van der Waals surface area contributed by atoms with Gasteiger partial charge in [-0.25, -0.2) is 0 Å². The lowest BCUT2D eigenvalue weighted by atomic mass is 10.00. The fourth-order valence-corrected chi connectivity index (χ4v) is 3.77. The molecule has 2 aromatic rings. The summed E-state index contributed by atoms with van der Waals surface area (Å²) in [5.41, 5.74) is 0. The fourth-order valence-electron chi connectivity index (χ4n) is 2.75. The molecule has 3 heterocycles. The third kappa shape index (κ3) is 1.90. The number of rotatable bonds is 3. The Morgan fingerprint density at radius 1 is 1.35 bits per heavy atom. The lowest BCUT2D eigenvalue weighted by Crippen LogP contribution is -2.16. The second kappa shape index (κ2) is 4.49. The Balaban J connectivity index is 1.63. The first kappa shape index (κ1) is 12.2. The van der Waals surface area contributed by atoms with Crippen LogP contribution >= 0.6 is 11.3 Å². The summed E-state index contributed by atoms with van der Waals surface area (Å²) in [5.74, 6) is 0.277. The number of aromatic nitrogens is 4. The van der Waals surface area contributed by atoms with Gasteiger partial charge in [0, 0.05) is 25.0 Å². The number of fused-ring (bicyclic) bond motifs is 1. The van der Waals surface area contributed by atoms with E-state index < -0.39 is 5.97 Å². The van der Waals surface area contributed by atoms with Gasteiger partial charge in [-0.1, -0.05) is 11.3 Å². The third-order valence-electron chi connectivity index (χ3n) is 4.04. The summed E-state index contributed by atoms with van der Waals surface area (Å²) in [6.07, 6.45) is 2.57. The van der Waals surface area contributed by atoms with Gasteiger partial charge in [-0.2, -0.15) is 9.61 Å². The van der Waals surface area contributed by atoms with Crippen molar-refractivity contribution in [3.8, 4) is 0 Å². The molecule has 1 saturated heterocycles. The van der Waals surface area contributed by atoms with Crippen molar-refractivity contribution in [2.24, 2.45) is 5.92 Å². The van der Waals surface area contributed by atoms with E-state index >= 15 is 0 Å². The topological polar surface area (TPSA) is 89.6 Å². The van der Waals surface area contributed by atoms with Crippen molar-refractivity contribution in [1.82, 2.24) is 19.8 Å². The number of carbonyl (C=O) groups is 1. The Morgan fingerprint density at radius 2 is 2.15 bits per heavy atom. The number of hydrogen-bond acceptors (Lipinski definition) is 6. The van der Waals surface area contributed by atoms with Crippen LogP contribution in [0.3, 0.4) is 0 Å². The minimum Gasteiger partial charge on any atom is -0.481 e. The Labute approximate surface area is 118 Å². The number of carboxylic acid groups (broad SMARTS) is 1. The lowest BCUT2D eigenvalue weighted by molar-refractivity contribution is -0.138. The Morgan fingerprint density at radius 3 is 2.85 bits per heavy atom. The molecule has 8 heteroatoms. The summed E-state index contributed by atoms with van der Waals surface area (Å²) in [7, 11) is 0. The van der Waals surface area contributed by atoms with E-state index in [2.05, 4.69) is 15.3 Å². The minimum absolute atomic E-state index is 0.0572. The minimum atomic E-state index is -0.731. The maximum absolute atomic E-state index is 10.9. The van der Waals surface area contributed by atoms with E-state index in [0.29, 0.717) is 12.3 Å². The van der Waals surface area contributed by atoms with Crippen molar-refractivity contribution in [2.45, 2.75) is 31.1 Å². The van der Waals surface area contributed by atoms with Crippen molar-refractivity contribution in [3.63, 3.8) is 0 Å². The van der Waals surface area contributed by atoms with Gasteiger partial charge in [-0.05, 0) is 19.3 Å². The van der Waals surface area contributed by atoms with Crippen molar-refractivity contribution >= 4 is 22.3 Å². The number of aliphatic carboxylic acids is 1. The summed E-state index contributed by atoms with van der Waals surface area (Å²) in [5, 5.41) is 22.8. The van der Waals surface area contributed by atoms with Crippen LogP contribution in [-0.2, 0) is 9.53 Å². The highest BCUT2D eigenvalue weighted by atomic mass is 32.1. The fraction of sp³-hybridized carbons (Fsp3) is 0.667. The highest BCUT2D eigenvalue weighted by Gasteiger charge is 2.46. The van der Waals surface area contributed by atoms with Gasteiger partial charge < -0.3 is 9.84 Å². The van der Waals surface area contributed by atoms with Gasteiger partial charge in [-0.15, -0.1) is 10.2 Å². The van der Waals surface area contributed by atoms with Crippen LogP contribution in [0.2, 0.25) is 0 Å². The van der Waals surface area contributed by atoms with E-state index in [1.165, 1.54) is 11.3 Å². The van der Waals surface area contributed by atoms with Crippen LogP contribution < -0.4 is 0 Å². The van der Waals surface area contributed by atoms with Crippen LogP contribution in [0.15, 0.2) is 0 Å². The number of hydrogen-bond donors (Lipinski definition) is 1. The second-order valence-electron chi connectivity index (χ2n) is 5.37. The second-order valence-corrected chi connectivity index (χ2v) is 6.35. The van der Waals surface area contributed by atoms with Crippen molar-refractivity contribution in [3.05, 3.63) is 10.8 Å². The molecular weight excluding hydrogens is 280 g/mol. The van der Waals surface area contributed by atoms with E-state index in [4.69, 9.17) is 9.84 Å². The number of nitrogens with zero attached hydrogens (tertiary/aromatic N) is 4. The number of carboxylic acids is 1. The first-order valence-electron chi connectivity index (χ1n) is 6.76. The van der Waals surface area contributed by atoms with E-state index in [1.807, 2.05) is 0 Å². The van der Waals surface area contributed by atoms with E-state index in [0.717, 1.165) is 41.8 Å². The summed E-state index contributed by atoms with van der Waals surface area (Å²) in [6, 6.07) is 0. The number of ether oxygens (including phenoxy) is 1. The molecule has 20 heavy (non-hydrogen) atoms. The van der Waals surface area contributed by atoms with Crippen LogP contribution in [-0.4, -0.2) is 44.1 Å². The molecule has 4 rings (SSSR count). The molecule has 0 bridgehead atoms. The molecule has 0 spiro atoms. The molecule has 1 N–H and O–H groups in total. The normalized spacial score (nSPS) is 27.0. The van der Waals surface area contributed by atoms with Gasteiger partial charge in [-0.3, -0.25) is 4.79 Å². The van der Waals surface area contributed by atoms with Gasteiger partial charge in [0.2, 0.25) is 4.96 Å². The maximum atomic E-state index is 10.9. The van der Waals surface area contributed by atoms with Crippen LogP contribution in [0.1, 0.15) is 41.9 Å². The first-order valence-corrected chi connectivity index (χ1v) is 7.58. The summed E-state index contributed by atoms with van der Waals surface area (Å²) < 4.78 is 7.16. The Kier molecular flexibility index (Phi) is 2.74. The molecule has 2 fully saturated rings. The molecule has 2 atom stereocenters. The van der Waals surface area contributed by atoms with Crippen LogP contribution in [0.4, 0.5) is 0 Å². The molecule has 2 aromatic heterocycles. The van der Waals surface area contributed by atoms with Crippen LogP contribution in [0.5, 0.6) is 0 Å². The standard InChI is InChI=1S/C12H14N4O3S/c17-11(18)8-5-7(8)10-15-16-9(13-14-12(16)20-10)6-1-3-19-4-2-6/h6-8H,1-5H2,(H,17,18). The van der Waals surface area contributed by atoms with Crippen LogP contribution in [0, 0.1) is 5.92 Å². The lowest BCUT2D eigenvalue weighted by Gasteiger charge is -2.19. The van der Waals surface area contributed by atoms with Gasteiger partial charge >= 0.3 is 5.97 Å². The molecule has 0 amide bonds. The van der Waals surface area contributed by atoms with Gasteiger partial charge in [0.1, 0.15) is 5.01 Å². The largest absolute Gasteiger partial charge is 0.481 e. The zero-order valence-electron chi connectivity index (χ0n) is 10.7. The van der Waals surface area contributed by atoms with Gasteiger partial charge in [0.15, 0.2) is 5.82 Å². The SMILES string of the molecule is O=C(O)C1CC1c1nn2c(C3CCOCC3)nnc2s1. The average molecular weight is 294 g/mol. The summed E-state index contributed by atoms with van der Waals surface area (Å²) >= 11 is 1.46. The molecule has 1 saturated carbocycles. The molecule has 0 radical (unpaired) electrons. The van der Waals surface area contributed by atoms with Gasteiger partial charge in [0.05, 0.1) is 5.92 Å². The Hall–Kier alpha value is -1.54. The summed E-state index contributed by atoms with van der Waals surface area (Å²) in [4.78, 5) is 11.7. The predicted octanol–water partition coefficient (Wildman–Crippen LogP) is 1.27. The molecule has 7 nitrogen and oxygen atoms in total. The maximum Gasteiger partial charge on any atom is 0.307 e. The highest BCUT2D eigenvalue weighted by Crippen LogP contribution is 2.48. The smallest absolute Gasteiger partial charge is 0.307 e. The van der Waals surface area contributed by atoms with Crippen molar-refractivity contribution in [1.29, 1.82) is 0 Å². The molecule has 1 aliphatic heterocycles. The zero-order chi connectivity index (χ0) is 13.7. The Bertz CT molecular complexity index is 661. The van der Waals surface area contributed by atoms with E-state index in [9.17, 15) is 4.79 Å². The van der Waals surface area contributed by atoms with Gasteiger partial charge in [0.25, 0.3) is 0 Å². The summed E-state index contributed by atoms with van der Waals surface area (Å²) in [6.45, 7) is 1.50. The van der Waals surface area contributed by atoms with Crippen molar-refractivity contribution < 1.29 is 14.6 Å². The molecule has 0 aromatic carbocycles. The third-order valence-corrected chi connectivity index (χ3v) is 5.07. The highest BCUT2D eigenvalue weighted by molar-refractivity contribution is 7.16. The van der Waals surface area contributed by atoms with Crippen LogP contribution in [0.25, 0.3) is 4.96 Å². The first-order chi connectivity index (χ1) is 9.74.